The second kappa shape index (κ2) is 10.4. The van der Waals surface area contributed by atoms with Crippen LogP contribution >= 0.6 is 34.5 Å². The highest BCUT2D eigenvalue weighted by Crippen LogP contribution is 2.57. The Morgan fingerprint density at radius 3 is 2.60 bits per heavy atom. The van der Waals surface area contributed by atoms with Gasteiger partial charge in [-0.2, -0.15) is 0 Å². The van der Waals surface area contributed by atoms with Gasteiger partial charge in [0.2, 0.25) is 11.8 Å². The molecule has 2 aromatic carbocycles. The minimum Gasteiger partial charge on any atom is -0.465 e. The van der Waals surface area contributed by atoms with Crippen molar-refractivity contribution in [2.75, 3.05) is 17.7 Å². The minimum absolute atomic E-state index is 0.109. The number of carbonyl (C=O) groups is 3. The Labute approximate surface area is 245 Å². The zero-order valence-electron chi connectivity index (χ0n) is 22.2. The van der Waals surface area contributed by atoms with Crippen LogP contribution in [-0.4, -0.2) is 37.0 Å². The molecular weight excluding hydrogens is 576 g/mol. The average molecular weight is 605 g/mol. The van der Waals surface area contributed by atoms with Crippen molar-refractivity contribution >= 4 is 63.0 Å². The van der Waals surface area contributed by atoms with Crippen LogP contribution in [0.2, 0.25) is 10.0 Å². The van der Waals surface area contributed by atoms with Gasteiger partial charge in [0.05, 0.1) is 23.2 Å². The van der Waals surface area contributed by atoms with Crippen molar-refractivity contribution in [3.8, 4) is 0 Å². The van der Waals surface area contributed by atoms with Crippen molar-refractivity contribution in [1.82, 2.24) is 5.32 Å². The van der Waals surface area contributed by atoms with Gasteiger partial charge >= 0.3 is 5.97 Å². The Morgan fingerprint density at radius 1 is 1.15 bits per heavy atom. The van der Waals surface area contributed by atoms with E-state index >= 15 is 4.39 Å². The van der Waals surface area contributed by atoms with E-state index in [2.05, 4.69) is 16.0 Å². The summed E-state index contributed by atoms with van der Waals surface area (Å²) in [6.07, 6.45) is 0.496. The fourth-order valence-corrected chi connectivity index (χ4v) is 7.15. The Bertz CT molecular complexity index is 1520. The van der Waals surface area contributed by atoms with Crippen molar-refractivity contribution in [1.29, 1.82) is 0 Å². The maximum Gasteiger partial charge on any atom is 0.348 e. The maximum absolute atomic E-state index is 15.8. The van der Waals surface area contributed by atoms with E-state index in [1.54, 1.807) is 42.5 Å². The molecule has 1 saturated heterocycles. The number of esters is 1. The molecule has 2 aliphatic heterocycles. The van der Waals surface area contributed by atoms with Gasteiger partial charge in [-0.25, -0.2) is 9.18 Å². The van der Waals surface area contributed by atoms with Gasteiger partial charge in [0.15, 0.2) is 0 Å². The van der Waals surface area contributed by atoms with E-state index in [0.717, 1.165) is 11.3 Å². The number of ether oxygens (including phenoxy) is 1. The number of methoxy groups -OCH3 is 1. The standard InChI is InChI=1S/C29H28Cl2FN3O4S/c1-28(2,3)13-20-29(16-9-8-14(30)12-18(16)33-27(29)38)22(15-6-5-7-17(31)23(15)32)24(34-20)25(36)35-21-11-10-19(40-21)26(37)39-4/h5-12,20,22,24,34H,13H2,1-4H3,(H,33,38)(H,35,36)/t20-,22-,24+,29?/m0/s1. The molecule has 7 nitrogen and oxygen atoms in total. The second-order valence-corrected chi connectivity index (χ2v) is 13.2. The van der Waals surface area contributed by atoms with E-state index in [0.29, 0.717) is 32.6 Å². The highest BCUT2D eigenvalue weighted by molar-refractivity contribution is 7.18. The fraction of sp³-hybridized carbons (Fsp3) is 0.345. The van der Waals surface area contributed by atoms with Crippen LogP contribution in [0.4, 0.5) is 15.1 Å². The number of rotatable bonds is 5. The van der Waals surface area contributed by atoms with Crippen LogP contribution in [0.5, 0.6) is 0 Å². The lowest BCUT2D eigenvalue weighted by atomic mass is 9.62. The maximum atomic E-state index is 15.8. The number of amides is 2. The Morgan fingerprint density at radius 2 is 1.90 bits per heavy atom. The first-order valence-electron chi connectivity index (χ1n) is 12.7. The van der Waals surface area contributed by atoms with Gasteiger partial charge < -0.3 is 20.7 Å². The third-order valence-electron chi connectivity index (χ3n) is 7.46. The van der Waals surface area contributed by atoms with Crippen molar-refractivity contribution in [2.24, 2.45) is 5.41 Å². The number of benzene rings is 2. The van der Waals surface area contributed by atoms with E-state index in [9.17, 15) is 14.4 Å². The van der Waals surface area contributed by atoms with Crippen LogP contribution < -0.4 is 16.0 Å². The summed E-state index contributed by atoms with van der Waals surface area (Å²) < 4.78 is 20.6. The van der Waals surface area contributed by atoms with Crippen LogP contribution in [0.3, 0.4) is 0 Å². The molecule has 4 atom stereocenters. The van der Waals surface area contributed by atoms with Crippen molar-refractivity contribution in [2.45, 2.75) is 50.6 Å². The molecule has 0 radical (unpaired) electrons. The first kappa shape index (κ1) is 28.5. The lowest BCUT2D eigenvalue weighted by Gasteiger charge is -2.37. The Hall–Kier alpha value is -2.98. The van der Waals surface area contributed by atoms with Crippen LogP contribution in [0.15, 0.2) is 48.5 Å². The lowest BCUT2D eigenvalue weighted by Crippen LogP contribution is -2.49. The molecule has 1 fully saturated rings. The molecule has 3 aromatic rings. The van der Waals surface area contributed by atoms with E-state index in [1.807, 2.05) is 20.8 Å². The average Bonchev–Trinajstić information content (AvgIpc) is 3.55. The molecule has 3 heterocycles. The van der Waals surface area contributed by atoms with Crippen LogP contribution in [-0.2, 0) is 19.7 Å². The van der Waals surface area contributed by atoms with Crippen molar-refractivity contribution < 1.29 is 23.5 Å². The van der Waals surface area contributed by atoms with Crippen molar-refractivity contribution in [3.63, 3.8) is 0 Å². The zero-order valence-corrected chi connectivity index (χ0v) is 24.6. The molecule has 3 N–H and O–H groups in total. The summed E-state index contributed by atoms with van der Waals surface area (Å²) in [5, 5.41) is 9.97. The summed E-state index contributed by atoms with van der Waals surface area (Å²) in [6.45, 7) is 6.13. The Balaban J connectivity index is 1.68. The first-order valence-corrected chi connectivity index (χ1v) is 14.2. The van der Waals surface area contributed by atoms with Crippen LogP contribution in [0, 0.1) is 11.2 Å². The van der Waals surface area contributed by atoms with E-state index in [1.165, 1.54) is 13.2 Å². The molecule has 2 amide bonds. The third-order valence-corrected chi connectivity index (χ3v) is 8.97. The monoisotopic (exact) mass is 603 g/mol. The van der Waals surface area contributed by atoms with Gasteiger partial charge in [-0.15, -0.1) is 11.3 Å². The number of hydrogen-bond donors (Lipinski definition) is 3. The molecular formula is C29H28Cl2FN3O4S. The normalized spacial score (nSPS) is 23.7. The molecule has 1 unspecified atom stereocenters. The minimum atomic E-state index is -1.35. The third kappa shape index (κ3) is 4.79. The molecule has 0 saturated carbocycles. The van der Waals surface area contributed by atoms with E-state index < -0.39 is 41.1 Å². The topological polar surface area (TPSA) is 96.5 Å². The molecule has 2 aliphatic rings. The highest BCUT2D eigenvalue weighted by Gasteiger charge is 2.66. The summed E-state index contributed by atoms with van der Waals surface area (Å²) in [5.41, 5.74) is -0.310. The quantitative estimate of drug-likeness (QED) is 0.294. The number of fused-ring (bicyclic) bond motifs is 2. The van der Waals surface area contributed by atoms with Gasteiger partial charge in [0.1, 0.15) is 16.1 Å². The van der Waals surface area contributed by atoms with Crippen molar-refractivity contribution in [3.05, 3.63) is 80.4 Å². The van der Waals surface area contributed by atoms with Gasteiger partial charge in [-0.1, -0.05) is 62.2 Å². The Kier molecular flexibility index (Phi) is 7.46. The second-order valence-electron chi connectivity index (χ2n) is 11.2. The van der Waals surface area contributed by atoms with Gasteiger partial charge in [-0.05, 0) is 53.3 Å². The summed E-state index contributed by atoms with van der Waals surface area (Å²) in [7, 11) is 1.28. The predicted molar refractivity (Wildman–Crippen MR) is 155 cm³/mol. The number of anilines is 2. The van der Waals surface area contributed by atoms with Gasteiger partial charge in [0, 0.05) is 22.7 Å². The number of hydrogen-bond acceptors (Lipinski definition) is 6. The molecule has 11 heteroatoms. The van der Waals surface area contributed by atoms with E-state index in [4.69, 9.17) is 27.9 Å². The van der Waals surface area contributed by atoms with Gasteiger partial charge in [-0.3, -0.25) is 9.59 Å². The molecule has 0 bridgehead atoms. The zero-order chi connectivity index (χ0) is 29.0. The summed E-state index contributed by atoms with van der Waals surface area (Å²) in [5.74, 6) is -3.01. The largest absolute Gasteiger partial charge is 0.465 e. The first-order chi connectivity index (χ1) is 18.9. The predicted octanol–water partition coefficient (Wildman–Crippen LogP) is 6.37. The highest BCUT2D eigenvalue weighted by atomic mass is 35.5. The summed E-state index contributed by atoms with van der Waals surface area (Å²) >= 11 is 13.6. The molecule has 5 rings (SSSR count). The lowest BCUT2D eigenvalue weighted by molar-refractivity contribution is -0.122. The number of carbonyl (C=O) groups excluding carboxylic acids is 3. The molecule has 1 aromatic heterocycles. The smallest absolute Gasteiger partial charge is 0.348 e. The fourth-order valence-electron chi connectivity index (χ4n) is 5.97. The number of halogens is 3. The van der Waals surface area contributed by atoms with Crippen LogP contribution in [0.1, 0.15) is 53.9 Å². The summed E-state index contributed by atoms with van der Waals surface area (Å²) in [6, 6.07) is 11.3. The molecule has 210 valence electrons. The van der Waals surface area contributed by atoms with Gasteiger partial charge in [0.25, 0.3) is 0 Å². The summed E-state index contributed by atoms with van der Waals surface area (Å²) in [4.78, 5) is 40.4. The SMILES string of the molecule is COC(=O)c1ccc(NC(=O)[C@@H]2N[C@@H](CC(C)(C)C)C3(C(=O)Nc4cc(Cl)ccc43)[C@H]2c2cccc(Cl)c2F)s1. The molecule has 40 heavy (non-hydrogen) atoms. The molecule has 1 spiro atoms. The number of nitrogens with one attached hydrogen (secondary N) is 3. The molecule has 0 aliphatic carbocycles. The van der Waals surface area contributed by atoms with E-state index in [-0.39, 0.29) is 21.9 Å². The van der Waals surface area contributed by atoms with Crippen LogP contribution in [0.25, 0.3) is 0 Å². The number of thiophene rings is 1.